The molecule has 0 radical (unpaired) electrons. The van der Waals surface area contributed by atoms with Crippen LogP contribution >= 0.6 is 0 Å². The molecule has 0 aliphatic heterocycles. The topological polar surface area (TPSA) is 64.5 Å². The number of hydrogen-bond donors (Lipinski definition) is 0. The van der Waals surface area contributed by atoms with Gasteiger partial charge in [0.05, 0.1) is 11.2 Å². The van der Waals surface area contributed by atoms with E-state index in [0.29, 0.717) is 23.2 Å². The Labute approximate surface area is 277 Å². The molecule has 48 heavy (non-hydrogen) atoms. The molecule has 0 unspecified atom stereocenters. The minimum Gasteiger partial charge on any atom is -0.253 e. The van der Waals surface area contributed by atoms with Gasteiger partial charge in [0, 0.05) is 39.0 Å². The summed E-state index contributed by atoms with van der Waals surface area (Å²) < 4.78 is 0. The Morgan fingerprint density at radius 3 is 1.79 bits per heavy atom. The van der Waals surface area contributed by atoms with Crippen LogP contribution in [-0.4, -0.2) is 24.9 Å². The van der Waals surface area contributed by atoms with Gasteiger partial charge in [0.1, 0.15) is 5.69 Å². The van der Waals surface area contributed by atoms with Gasteiger partial charge in [-0.25, -0.2) is 19.9 Å². The second-order valence-electron chi connectivity index (χ2n) is 11.7. The van der Waals surface area contributed by atoms with Gasteiger partial charge in [-0.05, 0) is 52.2 Å². The highest BCUT2D eigenvalue weighted by Gasteiger charge is 2.16. The molecule has 0 bridgehead atoms. The van der Waals surface area contributed by atoms with Crippen molar-refractivity contribution in [1.29, 1.82) is 0 Å². The fourth-order valence-electron chi connectivity index (χ4n) is 6.46. The molecule has 0 aliphatic carbocycles. The molecular weight excluding hydrogens is 587 g/mol. The molecule has 224 valence electrons. The van der Waals surface area contributed by atoms with E-state index >= 15 is 0 Å². The van der Waals surface area contributed by atoms with E-state index in [4.69, 9.17) is 19.9 Å². The molecule has 0 fully saturated rings. The lowest BCUT2D eigenvalue weighted by atomic mass is 9.94. The second-order valence-corrected chi connectivity index (χ2v) is 11.7. The fourth-order valence-corrected chi connectivity index (χ4v) is 6.46. The summed E-state index contributed by atoms with van der Waals surface area (Å²) in [5, 5.41) is 5.98. The third-order valence-electron chi connectivity index (χ3n) is 8.74. The van der Waals surface area contributed by atoms with Crippen molar-refractivity contribution in [1.82, 2.24) is 24.9 Å². The second kappa shape index (κ2) is 11.6. The van der Waals surface area contributed by atoms with Crippen molar-refractivity contribution in [3.63, 3.8) is 0 Å². The number of hydrogen-bond acceptors (Lipinski definition) is 5. The van der Waals surface area contributed by atoms with Gasteiger partial charge in [-0.1, -0.05) is 127 Å². The van der Waals surface area contributed by atoms with Crippen LogP contribution in [0.3, 0.4) is 0 Å². The van der Waals surface area contributed by atoms with E-state index in [-0.39, 0.29) is 0 Å². The van der Waals surface area contributed by atoms with Gasteiger partial charge in [0.2, 0.25) is 0 Å². The average molecular weight is 614 g/mol. The maximum absolute atomic E-state index is 5.22. The van der Waals surface area contributed by atoms with E-state index in [0.717, 1.165) is 49.8 Å². The average Bonchev–Trinajstić information content (AvgIpc) is 3.18. The molecule has 6 aromatic carbocycles. The monoisotopic (exact) mass is 613 g/mol. The normalized spacial score (nSPS) is 11.3. The number of aromatic nitrogens is 5. The molecule has 0 atom stereocenters. The highest BCUT2D eigenvalue weighted by atomic mass is 15.0. The molecule has 9 aromatic rings. The van der Waals surface area contributed by atoms with Gasteiger partial charge in [0.15, 0.2) is 17.5 Å². The number of rotatable bonds is 5. The Bertz CT molecular complexity index is 2540. The van der Waals surface area contributed by atoms with E-state index in [1.54, 1.807) is 6.20 Å². The van der Waals surface area contributed by atoms with E-state index in [1.165, 1.54) is 16.2 Å². The minimum atomic E-state index is 0.536. The van der Waals surface area contributed by atoms with Crippen LogP contribution in [0.1, 0.15) is 0 Å². The summed E-state index contributed by atoms with van der Waals surface area (Å²) in [7, 11) is 0. The molecule has 9 rings (SSSR count). The van der Waals surface area contributed by atoms with E-state index in [1.807, 2.05) is 54.6 Å². The highest BCUT2D eigenvalue weighted by Crippen LogP contribution is 2.38. The SMILES string of the molecule is c1ccc(-c2nc(-c3cccc(-c4cccc(-c5nc6ccccc6c6c5ccc5ccccc56)c4)c3)nc(-c3ccccn3)n2)cc1. The van der Waals surface area contributed by atoms with Crippen LogP contribution in [0.2, 0.25) is 0 Å². The van der Waals surface area contributed by atoms with Crippen LogP contribution in [-0.2, 0) is 0 Å². The largest absolute Gasteiger partial charge is 0.253 e. The quantitative estimate of drug-likeness (QED) is 0.181. The molecule has 5 heteroatoms. The number of para-hydroxylation sites is 1. The summed E-state index contributed by atoms with van der Waals surface area (Å²) in [4.78, 5) is 24.4. The van der Waals surface area contributed by atoms with Crippen molar-refractivity contribution in [2.24, 2.45) is 0 Å². The molecule has 3 aromatic heterocycles. The standard InChI is InChI=1S/C43H27N5/c1-2-13-29(14-3-1)41-46-42(48-43(47-41)38-22-8-9-25-44-38)33-18-11-16-31(27-33)30-15-10-17-32(26-30)40-36-24-23-28-12-4-5-19-34(28)39(36)35-20-6-7-21-37(35)45-40/h1-27H. The first-order valence-electron chi connectivity index (χ1n) is 15.9. The third-order valence-corrected chi connectivity index (χ3v) is 8.74. The van der Waals surface area contributed by atoms with Crippen LogP contribution in [0.5, 0.6) is 0 Å². The Kier molecular flexibility index (Phi) is 6.72. The molecular formula is C43H27N5. The Morgan fingerprint density at radius 2 is 0.979 bits per heavy atom. The van der Waals surface area contributed by atoms with Crippen molar-refractivity contribution >= 4 is 32.4 Å². The summed E-state index contributed by atoms with van der Waals surface area (Å²) in [6, 6.07) is 54.1. The van der Waals surface area contributed by atoms with Gasteiger partial charge in [-0.15, -0.1) is 0 Å². The van der Waals surface area contributed by atoms with Crippen molar-refractivity contribution in [3.8, 4) is 56.7 Å². The zero-order valence-corrected chi connectivity index (χ0v) is 25.8. The summed E-state index contributed by atoms with van der Waals surface area (Å²) >= 11 is 0. The van der Waals surface area contributed by atoms with Gasteiger partial charge >= 0.3 is 0 Å². The maximum Gasteiger partial charge on any atom is 0.182 e. The molecule has 0 spiro atoms. The smallest absolute Gasteiger partial charge is 0.182 e. The summed E-state index contributed by atoms with van der Waals surface area (Å²) in [6.07, 6.45) is 1.75. The summed E-state index contributed by atoms with van der Waals surface area (Å²) in [6.45, 7) is 0. The molecule has 0 amide bonds. The lowest BCUT2D eigenvalue weighted by Crippen LogP contribution is -2.01. The summed E-state index contributed by atoms with van der Waals surface area (Å²) in [5.74, 6) is 1.74. The highest BCUT2D eigenvalue weighted by molar-refractivity contribution is 6.22. The fraction of sp³-hybridized carbons (Fsp3) is 0. The number of pyridine rings is 2. The molecule has 0 aliphatic rings. The predicted molar refractivity (Wildman–Crippen MR) is 195 cm³/mol. The van der Waals surface area contributed by atoms with Gasteiger partial charge in [0.25, 0.3) is 0 Å². The zero-order valence-electron chi connectivity index (χ0n) is 25.8. The molecule has 0 saturated heterocycles. The lowest BCUT2D eigenvalue weighted by Gasteiger charge is -2.14. The lowest BCUT2D eigenvalue weighted by molar-refractivity contribution is 1.06. The first kappa shape index (κ1) is 27.7. The van der Waals surface area contributed by atoms with Crippen LogP contribution in [0, 0.1) is 0 Å². The molecule has 0 saturated carbocycles. The first-order chi connectivity index (χ1) is 23.8. The minimum absolute atomic E-state index is 0.536. The van der Waals surface area contributed by atoms with Gasteiger partial charge < -0.3 is 0 Å². The Morgan fingerprint density at radius 1 is 0.354 bits per heavy atom. The van der Waals surface area contributed by atoms with E-state index < -0.39 is 0 Å². The predicted octanol–water partition coefficient (Wildman–Crippen LogP) is 10.5. The van der Waals surface area contributed by atoms with Crippen molar-refractivity contribution < 1.29 is 0 Å². The Hall–Kier alpha value is -6.59. The van der Waals surface area contributed by atoms with Gasteiger partial charge in [-0.3, -0.25) is 4.98 Å². The van der Waals surface area contributed by atoms with Crippen molar-refractivity contribution in [2.75, 3.05) is 0 Å². The van der Waals surface area contributed by atoms with E-state index in [2.05, 4.69) is 108 Å². The van der Waals surface area contributed by atoms with Crippen LogP contribution in [0.25, 0.3) is 89.1 Å². The zero-order chi connectivity index (χ0) is 31.9. The Balaban J connectivity index is 1.18. The number of fused-ring (bicyclic) bond motifs is 5. The number of nitrogens with zero attached hydrogens (tertiary/aromatic N) is 5. The first-order valence-corrected chi connectivity index (χ1v) is 15.9. The van der Waals surface area contributed by atoms with Gasteiger partial charge in [-0.2, -0.15) is 0 Å². The molecule has 5 nitrogen and oxygen atoms in total. The molecule has 3 heterocycles. The van der Waals surface area contributed by atoms with E-state index in [9.17, 15) is 0 Å². The van der Waals surface area contributed by atoms with Crippen LogP contribution in [0.15, 0.2) is 164 Å². The van der Waals surface area contributed by atoms with Crippen LogP contribution < -0.4 is 0 Å². The van der Waals surface area contributed by atoms with Crippen LogP contribution in [0.4, 0.5) is 0 Å². The number of benzene rings is 6. The van der Waals surface area contributed by atoms with Crippen molar-refractivity contribution in [3.05, 3.63) is 164 Å². The summed E-state index contributed by atoms with van der Waals surface area (Å²) in [5.41, 5.74) is 7.68. The van der Waals surface area contributed by atoms with Crippen molar-refractivity contribution in [2.45, 2.75) is 0 Å². The maximum atomic E-state index is 5.22. The molecule has 0 N–H and O–H groups in total. The third kappa shape index (κ3) is 4.95.